The van der Waals surface area contributed by atoms with Crippen molar-refractivity contribution in [2.24, 2.45) is 0 Å². The van der Waals surface area contributed by atoms with Crippen LogP contribution in [-0.2, 0) is 16.0 Å². The molecule has 0 radical (unpaired) electrons. The van der Waals surface area contributed by atoms with Gasteiger partial charge in [0.1, 0.15) is 5.92 Å². The second-order valence-corrected chi connectivity index (χ2v) is 6.62. The Labute approximate surface area is 109 Å². The summed E-state index contributed by atoms with van der Waals surface area (Å²) in [6.45, 7) is 0. The number of aromatic nitrogens is 1. The van der Waals surface area contributed by atoms with Gasteiger partial charge in [-0.15, -0.1) is 11.3 Å². The van der Waals surface area contributed by atoms with E-state index in [-0.39, 0.29) is 5.92 Å². The van der Waals surface area contributed by atoms with E-state index in [2.05, 4.69) is 4.98 Å². The summed E-state index contributed by atoms with van der Waals surface area (Å²) < 4.78 is 5.86. The van der Waals surface area contributed by atoms with Gasteiger partial charge in [0.25, 0.3) is 0 Å². The zero-order chi connectivity index (χ0) is 12.3. The van der Waals surface area contributed by atoms with Crippen molar-refractivity contribution in [3.63, 3.8) is 0 Å². The van der Waals surface area contributed by atoms with Gasteiger partial charge >= 0.3 is 5.97 Å². The van der Waals surface area contributed by atoms with E-state index in [9.17, 15) is 9.90 Å². The fourth-order valence-corrected chi connectivity index (χ4v) is 4.85. The lowest BCUT2D eigenvalue weighted by atomic mass is 9.90. The van der Waals surface area contributed by atoms with Gasteiger partial charge in [-0.3, -0.25) is 4.79 Å². The highest BCUT2D eigenvalue weighted by Gasteiger charge is 2.44. The van der Waals surface area contributed by atoms with Crippen LogP contribution >= 0.6 is 11.3 Å². The van der Waals surface area contributed by atoms with Crippen LogP contribution in [0, 0.1) is 0 Å². The number of carboxylic acid groups (broad SMARTS) is 1. The summed E-state index contributed by atoms with van der Waals surface area (Å²) in [6, 6.07) is 0. The fraction of sp³-hybridized carbons (Fsp3) is 0.692. The Morgan fingerprint density at radius 1 is 1.39 bits per heavy atom. The molecule has 1 aromatic heterocycles. The van der Waals surface area contributed by atoms with E-state index < -0.39 is 5.97 Å². The first kappa shape index (κ1) is 10.9. The number of hydrogen-bond donors (Lipinski definition) is 1. The second kappa shape index (κ2) is 3.78. The Bertz CT molecular complexity index is 512. The highest BCUT2D eigenvalue weighted by atomic mass is 32.1. The van der Waals surface area contributed by atoms with E-state index >= 15 is 0 Å². The first-order valence-electron chi connectivity index (χ1n) is 6.60. The molecular formula is C13H15NO3S. The van der Waals surface area contributed by atoms with Crippen molar-refractivity contribution < 1.29 is 14.6 Å². The maximum absolute atomic E-state index is 11.2. The zero-order valence-electron chi connectivity index (χ0n) is 9.96. The second-order valence-electron chi connectivity index (χ2n) is 5.51. The van der Waals surface area contributed by atoms with Crippen LogP contribution in [0.4, 0.5) is 0 Å². The van der Waals surface area contributed by atoms with Crippen LogP contribution in [0.15, 0.2) is 0 Å². The van der Waals surface area contributed by atoms with Gasteiger partial charge in [-0.2, -0.15) is 0 Å². The van der Waals surface area contributed by atoms with Gasteiger partial charge in [0.15, 0.2) is 0 Å². The van der Waals surface area contributed by atoms with Crippen molar-refractivity contribution in [1.82, 2.24) is 4.98 Å². The fourth-order valence-electron chi connectivity index (χ4n) is 3.54. The molecule has 2 bridgehead atoms. The number of carboxylic acids is 1. The SMILES string of the molecule is O=C(O)C1CCc2sc(C3CC4CCC3O4)nc21. The maximum atomic E-state index is 11.2. The third kappa shape index (κ3) is 1.47. The molecule has 2 aliphatic heterocycles. The molecule has 4 rings (SSSR count). The van der Waals surface area contributed by atoms with E-state index in [1.165, 1.54) is 11.3 Å². The molecule has 1 N–H and O–H groups in total. The largest absolute Gasteiger partial charge is 0.481 e. The number of carbonyl (C=O) groups is 1. The van der Waals surface area contributed by atoms with Crippen LogP contribution in [0.1, 0.15) is 53.1 Å². The molecule has 1 aliphatic carbocycles. The van der Waals surface area contributed by atoms with Crippen LogP contribution in [0.2, 0.25) is 0 Å². The summed E-state index contributed by atoms with van der Waals surface area (Å²) in [4.78, 5) is 17.0. The van der Waals surface area contributed by atoms with Crippen molar-refractivity contribution in [2.75, 3.05) is 0 Å². The Balaban J connectivity index is 1.65. The third-order valence-electron chi connectivity index (χ3n) is 4.46. The molecule has 0 aromatic carbocycles. The lowest BCUT2D eigenvalue weighted by molar-refractivity contribution is -0.138. The van der Waals surface area contributed by atoms with Crippen LogP contribution in [0.25, 0.3) is 0 Å². The minimum absolute atomic E-state index is 0.338. The molecule has 2 fully saturated rings. The van der Waals surface area contributed by atoms with E-state index in [1.807, 2.05) is 0 Å². The van der Waals surface area contributed by atoms with Gasteiger partial charge in [-0.25, -0.2) is 4.98 Å². The smallest absolute Gasteiger partial charge is 0.312 e. The van der Waals surface area contributed by atoms with E-state index in [4.69, 9.17) is 4.74 Å². The molecule has 3 heterocycles. The predicted molar refractivity (Wildman–Crippen MR) is 66.1 cm³/mol. The lowest BCUT2D eigenvalue weighted by Crippen LogP contribution is -2.15. The van der Waals surface area contributed by atoms with Crippen molar-refractivity contribution >= 4 is 17.3 Å². The number of aryl methyl sites for hydroxylation is 1. The standard InChI is InChI=1S/C13H15NO3S/c15-13(16)7-2-4-10-11(7)14-12(18-10)8-5-6-1-3-9(8)17-6/h6-9H,1-5H2,(H,15,16). The van der Waals surface area contributed by atoms with Gasteiger partial charge in [-0.1, -0.05) is 0 Å². The maximum Gasteiger partial charge on any atom is 0.312 e. The first-order chi connectivity index (χ1) is 8.72. The van der Waals surface area contributed by atoms with E-state index in [1.54, 1.807) is 11.3 Å². The van der Waals surface area contributed by atoms with Crippen molar-refractivity contribution in [2.45, 2.75) is 56.1 Å². The first-order valence-corrected chi connectivity index (χ1v) is 7.42. The monoisotopic (exact) mass is 265 g/mol. The van der Waals surface area contributed by atoms with Crippen molar-refractivity contribution in [1.29, 1.82) is 0 Å². The summed E-state index contributed by atoms with van der Waals surface area (Å²) in [7, 11) is 0. The molecule has 0 amide bonds. The van der Waals surface area contributed by atoms with Gasteiger partial charge < -0.3 is 9.84 Å². The quantitative estimate of drug-likeness (QED) is 0.891. The van der Waals surface area contributed by atoms with Crippen LogP contribution in [0.5, 0.6) is 0 Å². The highest BCUT2D eigenvalue weighted by molar-refractivity contribution is 7.11. The van der Waals surface area contributed by atoms with Crippen molar-refractivity contribution in [3.05, 3.63) is 15.6 Å². The topological polar surface area (TPSA) is 59.4 Å². The van der Waals surface area contributed by atoms with Gasteiger partial charge in [-0.05, 0) is 32.1 Å². The highest BCUT2D eigenvalue weighted by Crippen LogP contribution is 2.47. The lowest BCUT2D eigenvalue weighted by Gasteiger charge is -2.15. The molecule has 96 valence electrons. The summed E-state index contributed by atoms with van der Waals surface area (Å²) >= 11 is 1.73. The molecule has 3 aliphatic rings. The van der Waals surface area contributed by atoms with Crippen LogP contribution in [0.3, 0.4) is 0 Å². The minimum Gasteiger partial charge on any atom is -0.481 e. The predicted octanol–water partition coefficient (Wildman–Crippen LogP) is 2.29. The molecule has 0 saturated carbocycles. The third-order valence-corrected chi connectivity index (χ3v) is 5.72. The molecule has 4 atom stereocenters. The Morgan fingerprint density at radius 2 is 2.28 bits per heavy atom. The number of thiazole rings is 1. The summed E-state index contributed by atoms with van der Waals surface area (Å²) in [6.07, 6.45) is 5.77. The average molecular weight is 265 g/mol. The number of ether oxygens (including phenoxy) is 1. The number of aliphatic carboxylic acids is 1. The van der Waals surface area contributed by atoms with Crippen LogP contribution in [-0.4, -0.2) is 28.3 Å². The molecule has 18 heavy (non-hydrogen) atoms. The van der Waals surface area contributed by atoms with Gasteiger partial charge in [0, 0.05) is 10.8 Å². The zero-order valence-corrected chi connectivity index (χ0v) is 10.8. The molecule has 4 nitrogen and oxygen atoms in total. The molecular weight excluding hydrogens is 250 g/mol. The Morgan fingerprint density at radius 3 is 2.94 bits per heavy atom. The number of hydrogen-bond acceptors (Lipinski definition) is 4. The van der Waals surface area contributed by atoms with Gasteiger partial charge in [0.05, 0.1) is 22.9 Å². The molecule has 0 spiro atoms. The molecule has 2 saturated heterocycles. The summed E-state index contributed by atoms with van der Waals surface area (Å²) in [5.41, 5.74) is 0.838. The minimum atomic E-state index is -0.727. The molecule has 4 unspecified atom stereocenters. The Kier molecular flexibility index (Phi) is 2.29. The van der Waals surface area contributed by atoms with E-state index in [0.717, 1.165) is 36.4 Å². The Hall–Kier alpha value is -0.940. The van der Waals surface area contributed by atoms with Gasteiger partial charge in [0.2, 0.25) is 0 Å². The summed E-state index contributed by atoms with van der Waals surface area (Å²) in [5, 5.41) is 10.3. The van der Waals surface area contributed by atoms with E-state index in [0.29, 0.717) is 18.1 Å². The molecule has 1 aromatic rings. The number of rotatable bonds is 2. The van der Waals surface area contributed by atoms with Crippen LogP contribution < -0.4 is 0 Å². The normalized spacial score (nSPS) is 37.1. The number of nitrogens with zero attached hydrogens (tertiary/aromatic N) is 1. The molecule has 5 heteroatoms. The average Bonchev–Trinajstić information content (AvgIpc) is 3.07. The summed E-state index contributed by atoms with van der Waals surface area (Å²) in [5.74, 6) is -0.673. The van der Waals surface area contributed by atoms with Crippen molar-refractivity contribution in [3.8, 4) is 0 Å². The number of fused-ring (bicyclic) bond motifs is 3.